The monoisotopic (exact) mass is 338 g/mol. The number of rotatable bonds is 6. The van der Waals surface area contributed by atoms with Gasteiger partial charge in [0.25, 0.3) is 0 Å². The van der Waals surface area contributed by atoms with Gasteiger partial charge in [0.1, 0.15) is 0 Å². The van der Waals surface area contributed by atoms with E-state index < -0.39 is 25.1 Å². The molecule has 2 aliphatic rings. The largest absolute Gasteiger partial charge is 0.313 e. The average Bonchev–Trinajstić information content (AvgIpc) is 2.97. The summed E-state index contributed by atoms with van der Waals surface area (Å²) in [5.74, 6) is -0.00460. The minimum absolute atomic E-state index is 0.00586. The Morgan fingerprint density at radius 2 is 2.00 bits per heavy atom. The van der Waals surface area contributed by atoms with Gasteiger partial charge in [-0.2, -0.15) is 4.31 Å². The van der Waals surface area contributed by atoms with Crippen molar-refractivity contribution in [3.63, 3.8) is 0 Å². The molecular weight excluding hydrogens is 312 g/mol. The lowest BCUT2D eigenvalue weighted by molar-refractivity contribution is 0.333. The molecule has 0 amide bonds. The summed E-state index contributed by atoms with van der Waals surface area (Å²) in [5.41, 5.74) is 0. The summed E-state index contributed by atoms with van der Waals surface area (Å²) in [7, 11) is -6.73. The highest BCUT2D eigenvalue weighted by atomic mass is 32.2. The second kappa shape index (κ2) is 6.52. The molecule has 2 fully saturated rings. The van der Waals surface area contributed by atoms with Crippen molar-refractivity contribution >= 4 is 19.9 Å². The molecule has 0 aromatic rings. The first kappa shape index (κ1) is 17.2. The summed E-state index contributed by atoms with van der Waals surface area (Å²) >= 11 is 0. The topological polar surface area (TPSA) is 83.6 Å². The molecule has 124 valence electrons. The average molecular weight is 338 g/mol. The molecule has 2 heterocycles. The lowest BCUT2D eigenvalue weighted by Gasteiger charge is -2.29. The molecule has 1 N–H and O–H groups in total. The van der Waals surface area contributed by atoms with Gasteiger partial charge in [0.05, 0.1) is 16.8 Å². The first-order valence-corrected chi connectivity index (χ1v) is 11.0. The van der Waals surface area contributed by atoms with Crippen LogP contribution in [0.5, 0.6) is 0 Å². The second-order valence-electron chi connectivity index (χ2n) is 6.57. The van der Waals surface area contributed by atoms with E-state index in [4.69, 9.17) is 0 Å². The van der Waals surface area contributed by atoms with E-state index in [1.165, 1.54) is 4.31 Å². The van der Waals surface area contributed by atoms with Crippen molar-refractivity contribution in [2.24, 2.45) is 5.92 Å². The highest BCUT2D eigenvalue weighted by Gasteiger charge is 2.41. The SMILES string of the molecule is CC(C)CN(CC1CCCN1)S(=O)(=O)C1CCS(=O)(=O)C1. The Morgan fingerprint density at radius 3 is 2.48 bits per heavy atom. The maximum absolute atomic E-state index is 12.8. The fourth-order valence-electron chi connectivity index (χ4n) is 3.05. The second-order valence-corrected chi connectivity index (χ2v) is 11.0. The lowest BCUT2D eigenvalue weighted by Crippen LogP contribution is -2.46. The van der Waals surface area contributed by atoms with Crippen molar-refractivity contribution in [1.29, 1.82) is 0 Å². The smallest absolute Gasteiger partial charge is 0.218 e. The summed E-state index contributed by atoms with van der Waals surface area (Å²) in [6.45, 7) is 5.80. The number of nitrogens with zero attached hydrogens (tertiary/aromatic N) is 1. The maximum Gasteiger partial charge on any atom is 0.218 e. The number of sulfone groups is 1. The third kappa shape index (κ3) is 4.40. The van der Waals surface area contributed by atoms with Crippen molar-refractivity contribution < 1.29 is 16.8 Å². The number of nitrogens with one attached hydrogen (secondary N) is 1. The van der Waals surface area contributed by atoms with Crippen LogP contribution in [0.3, 0.4) is 0 Å². The zero-order valence-corrected chi connectivity index (χ0v) is 14.4. The lowest BCUT2D eigenvalue weighted by atomic mass is 10.2. The van der Waals surface area contributed by atoms with Gasteiger partial charge < -0.3 is 5.32 Å². The number of hydrogen-bond donors (Lipinski definition) is 1. The van der Waals surface area contributed by atoms with Crippen LogP contribution in [0, 0.1) is 5.92 Å². The Morgan fingerprint density at radius 1 is 1.29 bits per heavy atom. The summed E-state index contributed by atoms with van der Waals surface area (Å²) in [4.78, 5) is 0. The van der Waals surface area contributed by atoms with E-state index in [2.05, 4.69) is 5.32 Å². The molecule has 2 saturated heterocycles. The third-order valence-electron chi connectivity index (χ3n) is 4.13. The molecule has 0 aromatic carbocycles. The Balaban J connectivity index is 2.13. The van der Waals surface area contributed by atoms with Gasteiger partial charge in [-0.15, -0.1) is 0 Å². The van der Waals surface area contributed by atoms with E-state index in [0.717, 1.165) is 19.4 Å². The molecule has 0 aromatic heterocycles. The van der Waals surface area contributed by atoms with Crippen LogP contribution in [-0.4, -0.2) is 63.6 Å². The highest BCUT2D eigenvalue weighted by molar-refractivity contribution is 7.95. The van der Waals surface area contributed by atoms with E-state index in [1.807, 2.05) is 13.8 Å². The summed E-state index contributed by atoms with van der Waals surface area (Å²) in [5, 5.41) is 2.55. The first-order valence-electron chi connectivity index (χ1n) is 7.63. The standard InChI is InChI=1S/C13H26N2O4S2/c1-11(2)8-15(9-12-4-3-6-14-12)21(18,19)13-5-7-20(16,17)10-13/h11-14H,3-10H2,1-2H3. The fourth-order valence-corrected chi connectivity index (χ4v) is 7.79. The normalized spacial score (nSPS) is 29.5. The minimum atomic E-state index is -3.54. The van der Waals surface area contributed by atoms with Crippen LogP contribution in [0.1, 0.15) is 33.1 Å². The molecule has 0 bridgehead atoms. The molecule has 0 aliphatic carbocycles. The fraction of sp³-hybridized carbons (Fsp3) is 1.00. The molecule has 2 unspecified atom stereocenters. The van der Waals surface area contributed by atoms with Gasteiger partial charge in [0.2, 0.25) is 10.0 Å². The summed E-state index contributed by atoms with van der Waals surface area (Å²) in [6, 6.07) is 0.191. The molecule has 2 aliphatic heterocycles. The van der Waals surface area contributed by atoms with Crippen LogP contribution in [0.15, 0.2) is 0 Å². The third-order valence-corrected chi connectivity index (χ3v) is 8.37. The van der Waals surface area contributed by atoms with E-state index in [9.17, 15) is 16.8 Å². The van der Waals surface area contributed by atoms with Crippen LogP contribution in [0.4, 0.5) is 0 Å². The van der Waals surface area contributed by atoms with Crippen molar-refractivity contribution in [3.8, 4) is 0 Å². The van der Waals surface area contributed by atoms with E-state index in [-0.39, 0.29) is 29.9 Å². The molecule has 0 spiro atoms. The summed E-state index contributed by atoms with van der Waals surface area (Å²) in [6.07, 6.45) is 2.28. The van der Waals surface area contributed by atoms with E-state index >= 15 is 0 Å². The van der Waals surface area contributed by atoms with Crippen LogP contribution in [0.25, 0.3) is 0 Å². The van der Waals surface area contributed by atoms with Crippen molar-refractivity contribution in [2.45, 2.75) is 44.4 Å². The first-order chi connectivity index (χ1) is 9.71. The zero-order valence-electron chi connectivity index (χ0n) is 12.8. The molecule has 6 nitrogen and oxygen atoms in total. The summed E-state index contributed by atoms with van der Waals surface area (Å²) < 4.78 is 50.2. The number of hydrogen-bond acceptors (Lipinski definition) is 5. The molecule has 21 heavy (non-hydrogen) atoms. The van der Waals surface area contributed by atoms with E-state index in [0.29, 0.717) is 13.1 Å². The van der Waals surface area contributed by atoms with Crippen molar-refractivity contribution in [2.75, 3.05) is 31.1 Å². The molecule has 0 radical (unpaired) electrons. The Bertz CT molecular complexity index is 551. The van der Waals surface area contributed by atoms with E-state index in [1.54, 1.807) is 0 Å². The van der Waals surface area contributed by atoms with Crippen molar-refractivity contribution in [1.82, 2.24) is 9.62 Å². The van der Waals surface area contributed by atoms with Gasteiger partial charge in [-0.05, 0) is 31.7 Å². The van der Waals surface area contributed by atoms with Gasteiger partial charge in [0.15, 0.2) is 9.84 Å². The van der Waals surface area contributed by atoms with Gasteiger partial charge >= 0.3 is 0 Å². The quantitative estimate of drug-likeness (QED) is 0.749. The van der Waals surface area contributed by atoms with Crippen LogP contribution >= 0.6 is 0 Å². The van der Waals surface area contributed by atoms with Gasteiger partial charge in [0, 0.05) is 19.1 Å². The minimum Gasteiger partial charge on any atom is -0.313 e. The zero-order chi connectivity index (χ0) is 15.7. The Labute approximate surface area is 128 Å². The number of sulfonamides is 1. The van der Waals surface area contributed by atoms with Gasteiger partial charge in [-0.3, -0.25) is 0 Å². The molecule has 2 rings (SSSR count). The van der Waals surface area contributed by atoms with Crippen LogP contribution in [0.2, 0.25) is 0 Å². The highest BCUT2D eigenvalue weighted by Crippen LogP contribution is 2.24. The predicted molar refractivity (Wildman–Crippen MR) is 83.4 cm³/mol. The molecule has 8 heteroatoms. The van der Waals surface area contributed by atoms with Crippen LogP contribution < -0.4 is 5.32 Å². The molecular formula is C13H26N2O4S2. The maximum atomic E-state index is 12.8. The van der Waals surface area contributed by atoms with Gasteiger partial charge in [-0.1, -0.05) is 13.8 Å². The predicted octanol–water partition coefficient (Wildman–Crippen LogP) is 0.213. The van der Waals surface area contributed by atoms with Gasteiger partial charge in [-0.25, -0.2) is 16.8 Å². The Hall–Kier alpha value is -0.180. The van der Waals surface area contributed by atoms with Crippen molar-refractivity contribution in [3.05, 3.63) is 0 Å². The van der Waals surface area contributed by atoms with Crippen LogP contribution in [-0.2, 0) is 19.9 Å². The Kier molecular flexibility index (Phi) is 5.33. The molecule has 2 atom stereocenters. The molecule has 0 saturated carbocycles.